The van der Waals surface area contributed by atoms with Crippen LogP contribution >= 0.6 is 11.3 Å². The lowest BCUT2D eigenvalue weighted by Gasteiger charge is -2.26. The Labute approximate surface area is 224 Å². The molecule has 1 aromatic heterocycles. The normalized spacial score (nSPS) is 11.7. The average molecular weight is 502 g/mol. The van der Waals surface area contributed by atoms with Crippen molar-refractivity contribution in [1.29, 1.82) is 0 Å². The Morgan fingerprint density at radius 3 is 1.95 bits per heavy atom. The van der Waals surface area contributed by atoms with Gasteiger partial charge < -0.3 is 4.90 Å². The number of benzene rings is 7. The molecule has 8 rings (SSSR count). The van der Waals surface area contributed by atoms with Crippen LogP contribution in [0, 0.1) is 0 Å². The molecular formula is C36H23NS. The first-order valence-electron chi connectivity index (χ1n) is 12.9. The Hall–Kier alpha value is -4.66. The molecule has 38 heavy (non-hydrogen) atoms. The van der Waals surface area contributed by atoms with Gasteiger partial charge in [-0.25, -0.2) is 0 Å². The minimum atomic E-state index is 1.15. The summed E-state index contributed by atoms with van der Waals surface area (Å²) in [5, 5.41) is 10.3. The fraction of sp³-hybridized carbons (Fsp3) is 0. The third kappa shape index (κ3) is 3.24. The highest BCUT2D eigenvalue weighted by atomic mass is 32.1. The molecule has 0 saturated carbocycles. The van der Waals surface area contributed by atoms with E-state index in [9.17, 15) is 0 Å². The van der Waals surface area contributed by atoms with Gasteiger partial charge in [-0.2, -0.15) is 0 Å². The topological polar surface area (TPSA) is 3.24 Å². The maximum absolute atomic E-state index is 2.42. The Bertz CT molecular complexity index is 2130. The highest BCUT2D eigenvalue weighted by molar-refractivity contribution is 7.26. The lowest BCUT2D eigenvalue weighted by Crippen LogP contribution is -2.09. The van der Waals surface area contributed by atoms with Crippen LogP contribution in [0.4, 0.5) is 17.1 Å². The molecule has 0 fully saturated rings. The lowest BCUT2D eigenvalue weighted by atomic mass is 9.96. The smallest absolute Gasteiger partial charge is 0.0640 e. The van der Waals surface area contributed by atoms with Crippen molar-refractivity contribution in [2.75, 3.05) is 4.90 Å². The maximum atomic E-state index is 2.42. The maximum Gasteiger partial charge on any atom is 0.0640 e. The van der Waals surface area contributed by atoms with E-state index in [0.717, 1.165) is 11.4 Å². The zero-order valence-corrected chi connectivity index (χ0v) is 21.5. The third-order valence-corrected chi connectivity index (χ3v) is 8.82. The quantitative estimate of drug-likeness (QED) is 0.218. The lowest BCUT2D eigenvalue weighted by molar-refractivity contribution is 1.31. The molecule has 0 saturated heterocycles. The van der Waals surface area contributed by atoms with E-state index < -0.39 is 0 Å². The summed E-state index contributed by atoms with van der Waals surface area (Å²) < 4.78 is 2.62. The molecule has 0 radical (unpaired) electrons. The monoisotopic (exact) mass is 501 g/mol. The molecule has 0 N–H and O–H groups in total. The molecule has 178 valence electrons. The first-order valence-corrected chi connectivity index (χ1v) is 13.8. The highest BCUT2D eigenvalue weighted by Crippen LogP contribution is 2.45. The summed E-state index contributed by atoms with van der Waals surface area (Å²) in [5.41, 5.74) is 3.52. The minimum absolute atomic E-state index is 1.15. The van der Waals surface area contributed by atoms with Crippen molar-refractivity contribution in [3.8, 4) is 0 Å². The van der Waals surface area contributed by atoms with Crippen LogP contribution in [-0.4, -0.2) is 0 Å². The number of hydrogen-bond donors (Lipinski definition) is 0. The van der Waals surface area contributed by atoms with Crippen LogP contribution in [0.3, 0.4) is 0 Å². The Kier molecular flexibility index (Phi) is 4.76. The predicted molar refractivity (Wildman–Crippen MR) is 167 cm³/mol. The molecule has 2 heteroatoms. The summed E-state index contributed by atoms with van der Waals surface area (Å²) in [4.78, 5) is 2.42. The van der Waals surface area contributed by atoms with Crippen molar-refractivity contribution >= 4 is 80.9 Å². The van der Waals surface area contributed by atoms with Crippen LogP contribution in [0.15, 0.2) is 140 Å². The summed E-state index contributed by atoms with van der Waals surface area (Å²) in [7, 11) is 0. The van der Waals surface area contributed by atoms with Gasteiger partial charge in [0.25, 0.3) is 0 Å². The van der Waals surface area contributed by atoms with Crippen LogP contribution in [-0.2, 0) is 0 Å². The Morgan fingerprint density at radius 1 is 0.421 bits per heavy atom. The SMILES string of the molecule is c1ccc(N(c2ccc3ccc4ccc5ccccc5c4c3c2)c2cccc3c2sc2ccccc23)cc1. The second-order valence-electron chi connectivity index (χ2n) is 9.78. The molecular weight excluding hydrogens is 478 g/mol. The van der Waals surface area contributed by atoms with Gasteiger partial charge >= 0.3 is 0 Å². The second-order valence-corrected chi connectivity index (χ2v) is 10.8. The van der Waals surface area contributed by atoms with Crippen LogP contribution in [0.25, 0.3) is 52.5 Å². The molecule has 0 amide bonds. The third-order valence-electron chi connectivity index (χ3n) is 7.61. The Morgan fingerprint density at radius 2 is 1.08 bits per heavy atom. The van der Waals surface area contributed by atoms with E-state index in [0.29, 0.717) is 0 Å². The number of fused-ring (bicyclic) bond motifs is 8. The average Bonchev–Trinajstić information content (AvgIpc) is 3.37. The summed E-state index contributed by atoms with van der Waals surface area (Å²) in [5.74, 6) is 0. The van der Waals surface area contributed by atoms with Crippen molar-refractivity contribution in [3.63, 3.8) is 0 Å². The number of nitrogens with zero attached hydrogens (tertiary/aromatic N) is 1. The first-order chi connectivity index (χ1) is 18.8. The standard InChI is InChI=1S/C36H23NS/c1-2-10-27(11-3-1)37(33-15-8-14-31-30-13-6-7-16-34(30)38-36(31)33)28-22-21-25-18-20-26-19-17-24-9-4-5-12-29(24)35(26)32(25)23-28/h1-23H. The molecule has 0 aliphatic heterocycles. The van der Waals surface area contributed by atoms with Crippen LogP contribution in [0.5, 0.6) is 0 Å². The number of para-hydroxylation sites is 1. The predicted octanol–water partition coefficient (Wildman–Crippen LogP) is 11.0. The minimum Gasteiger partial charge on any atom is -0.309 e. The van der Waals surface area contributed by atoms with E-state index >= 15 is 0 Å². The summed E-state index contributed by atoms with van der Waals surface area (Å²) >= 11 is 1.87. The summed E-state index contributed by atoms with van der Waals surface area (Å²) in [6.45, 7) is 0. The molecule has 0 atom stereocenters. The van der Waals surface area contributed by atoms with Gasteiger partial charge in [-0.05, 0) is 68.7 Å². The fourth-order valence-electron chi connectivity index (χ4n) is 5.87. The molecule has 1 nitrogen and oxygen atoms in total. The van der Waals surface area contributed by atoms with Crippen LogP contribution in [0.1, 0.15) is 0 Å². The van der Waals surface area contributed by atoms with Gasteiger partial charge in [0.05, 0.1) is 10.4 Å². The van der Waals surface area contributed by atoms with Gasteiger partial charge in [-0.15, -0.1) is 11.3 Å². The molecule has 0 unspecified atom stereocenters. The molecule has 0 bridgehead atoms. The zero-order chi connectivity index (χ0) is 25.1. The first kappa shape index (κ1) is 21.4. The van der Waals surface area contributed by atoms with Crippen molar-refractivity contribution in [3.05, 3.63) is 140 Å². The van der Waals surface area contributed by atoms with Crippen molar-refractivity contribution in [2.45, 2.75) is 0 Å². The molecule has 0 spiro atoms. The van der Waals surface area contributed by atoms with E-state index in [4.69, 9.17) is 0 Å². The van der Waals surface area contributed by atoms with Crippen molar-refractivity contribution in [2.24, 2.45) is 0 Å². The van der Waals surface area contributed by atoms with E-state index in [2.05, 4.69) is 144 Å². The number of rotatable bonds is 3. The van der Waals surface area contributed by atoms with Crippen LogP contribution < -0.4 is 4.90 Å². The van der Waals surface area contributed by atoms with Gasteiger partial charge in [0.15, 0.2) is 0 Å². The van der Waals surface area contributed by atoms with Gasteiger partial charge in [-0.3, -0.25) is 0 Å². The van der Waals surface area contributed by atoms with Gasteiger partial charge in [0.1, 0.15) is 0 Å². The molecule has 1 heterocycles. The van der Waals surface area contributed by atoms with Crippen molar-refractivity contribution < 1.29 is 0 Å². The van der Waals surface area contributed by atoms with E-state index in [1.165, 1.54) is 58.2 Å². The van der Waals surface area contributed by atoms with E-state index in [1.807, 2.05) is 11.3 Å². The Balaban J connectivity index is 1.45. The number of hydrogen-bond acceptors (Lipinski definition) is 2. The fourth-order valence-corrected chi connectivity index (χ4v) is 7.07. The van der Waals surface area contributed by atoms with Crippen molar-refractivity contribution in [1.82, 2.24) is 0 Å². The molecule has 8 aromatic rings. The van der Waals surface area contributed by atoms with E-state index in [-0.39, 0.29) is 0 Å². The highest BCUT2D eigenvalue weighted by Gasteiger charge is 2.18. The summed E-state index contributed by atoms with van der Waals surface area (Å²) in [6, 6.07) is 50.7. The zero-order valence-electron chi connectivity index (χ0n) is 20.6. The summed E-state index contributed by atoms with van der Waals surface area (Å²) in [6.07, 6.45) is 0. The number of anilines is 3. The molecule has 0 aliphatic carbocycles. The second kappa shape index (κ2) is 8.44. The van der Waals surface area contributed by atoms with Gasteiger partial charge in [0.2, 0.25) is 0 Å². The van der Waals surface area contributed by atoms with Crippen LogP contribution in [0.2, 0.25) is 0 Å². The van der Waals surface area contributed by atoms with E-state index in [1.54, 1.807) is 0 Å². The molecule has 0 aliphatic rings. The van der Waals surface area contributed by atoms with Gasteiger partial charge in [-0.1, -0.05) is 103 Å². The molecule has 7 aromatic carbocycles. The number of thiophene rings is 1. The largest absolute Gasteiger partial charge is 0.309 e. The van der Waals surface area contributed by atoms with Gasteiger partial charge in [0, 0.05) is 26.8 Å².